The van der Waals surface area contributed by atoms with E-state index in [0.717, 1.165) is 18.4 Å². The van der Waals surface area contributed by atoms with E-state index < -0.39 is 12.1 Å². The molecule has 118 valence electrons. The van der Waals surface area contributed by atoms with Gasteiger partial charge < -0.3 is 19.9 Å². The molecule has 0 saturated heterocycles. The molecule has 5 heteroatoms. The Bertz CT molecular complexity index is 462. The van der Waals surface area contributed by atoms with E-state index in [9.17, 15) is 4.79 Å². The summed E-state index contributed by atoms with van der Waals surface area (Å²) in [5.74, 6) is 0.718. The second-order valence-corrected chi connectivity index (χ2v) is 4.87. The van der Waals surface area contributed by atoms with Gasteiger partial charge in [0.15, 0.2) is 17.6 Å². The van der Waals surface area contributed by atoms with Gasteiger partial charge >= 0.3 is 5.97 Å². The van der Waals surface area contributed by atoms with Crippen molar-refractivity contribution in [3.8, 4) is 11.5 Å². The lowest BCUT2D eigenvalue weighted by Crippen LogP contribution is -2.26. The van der Waals surface area contributed by atoms with Crippen molar-refractivity contribution >= 4 is 5.97 Å². The van der Waals surface area contributed by atoms with Crippen LogP contribution in [-0.4, -0.2) is 31.8 Å². The molecule has 2 atom stereocenters. The van der Waals surface area contributed by atoms with E-state index >= 15 is 0 Å². The lowest BCUT2D eigenvalue weighted by Gasteiger charge is -2.17. The average molecular weight is 295 g/mol. The minimum absolute atomic E-state index is 0.125. The fraction of sp³-hybridized carbons (Fsp3) is 0.562. The monoisotopic (exact) mass is 295 g/mol. The first-order valence-electron chi connectivity index (χ1n) is 7.27. The molecule has 1 aromatic carbocycles. The number of carbonyl (C=O) groups is 1. The van der Waals surface area contributed by atoms with Crippen LogP contribution in [0.15, 0.2) is 18.2 Å². The summed E-state index contributed by atoms with van der Waals surface area (Å²) in [6.07, 6.45) is 1.02. The largest absolute Gasteiger partial charge is 0.493 e. The van der Waals surface area contributed by atoms with Crippen molar-refractivity contribution in [2.24, 2.45) is 5.73 Å². The Morgan fingerprint density at radius 2 is 2.00 bits per heavy atom. The highest BCUT2D eigenvalue weighted by atomic mass is 16.6. The number of rotatable bonds is 8. The van der Waals surface area contributed by atoms with Crippen LogP contribution in [0.2, 0.25) is 0 Å². The van der Waals surface area contributed by atoms with E-state index in [1.807, 2.05) is 12.1 Å². The Hall–Kier alpha value is -1.75. The van der Waals surface area contributed by atoms with Crippen molar-refractivity contribution in [1.29, 1.82) is 0 Å². The van der Waals surface area contributed by atoms with Gasteiger partial charge in [-0.2, -0.15) is 0 Å². The maximum Gasteiger partial charge on any atom is 0.347 e. The average Bonchev–Trinajstić information content (AvgIpc) is 2.48. The molecule has 0 aliphatic rings. The van der Waals surface area contributed by atoms with E-state index in [2.05, 4.69) is 6.92 Å². The zero-order valence-electron chi connectivity index (χ0n) is 13.2. The standard InChI is InChI=1S/C16H25NO4/c1-5-13(17)9-12-7-8-14(15(10-12)19-4)21-11(3)16(18)20-6-2/h7-8,10-11,13H,5-6,9,17H2,1-4H3. The lowest BCUT2D eigenvalue weighted by molar-refractivity contribution is -0.150. The zero-order valence-corrected chi connectivity index (χ0v) is 13.2. The van der Waals surface area contributed by atoms with Gasteiger partial charge in [0.2, 0.25) is 0 Å². The number of ether oxygens (including phenoxy) is 3. The molecule has 0 saturated carbocycles. The smallest absolute Gasteiger partial charge is 0.347 e. The number of methoxy groups -OCH3 is 1. The number of benzene rings is 1. The normalized spacial score (nSPS) is 13.4. The van der Waals surface area contributed by atoms with Gasteiger partial charge in [-0.15, -0.1) is 0 Å². The molecule has 5 nitrogen and oxygen atoms in total. The highest BCUT2D eigenvalue weighted by Crippen LogP contribution is 2.29. The van der Waals surface area contributed by atoms with E-state index in [1.165, 1.54) is 0 Å². The summed E-state index contributed by atoms with van der Waals surface area (Å²) in [5, 5.41) is 0. The molecule has 1 aromatic rings. The molecule has 0 fully saturated rings. The zero-order chi connectivity index (χ0) is 15.8. The molecule has 0 spiro atoms. The SMILES string of the molecule is CCOC(=O)C(C)Oc1ccc(CC(N)CC)cc1OC. The Kier molecular flexibility index (Phi) is 7.02. The quantitative estimate of drug-likeness (QED) is 0.745. The number of hydrogen-bond acceptors (Lipinski definition) is 5. The Balaban J connectivity index is 2.81. The van der Waals surface area contributed by atoms with Crippen LogP contribution in [0.1, 0.15) is 32.8 Å². The van der Waals surface area contributed by atoms with Gasteiger partial charge in [-0.05, 0) is 44.4 Å². The van der Waals surface area contributed by atoms with Crippen molar-refractivity contribution in [2.45, 2.75) is 45.8 Å². The number of hydrogen-bond donors (Lipinski definition) is 1. The summed E-state index contributed by atoms with van der Waals surface area (Å²) in [5.41, 5.74) is 7.04. The van der Waals surface area contributed by atoms with Crippen LogP contribution in [0, 0.1) is 0 Å². The molecule has 0 aliphatic carbocycles. The van der Waals surface area contributed by atoms with Gasteiger partial charge in [-0.3, -0.25) is 0 Å². The minimum atomic E-state index is -0.678. The molecule has 21 heavy (non-hydrogen) atoms. The van der Waals surface area contributed by atoms with Crippen LogP contribution in [0.25, 0.3) is 0 Å². The first-order valence-corrected chi connectivity index (χ1v) is 7.27. The molecule has 0 amide bonds. The van der Waals surface area contributed by atoms with Crippen LogP contribution >= 0.6 is 0 Å². The molecule has 2 N–H and O–H groups in total. The topological polar surface area (TPSA) is 70.8 Å². The van der Waals surface area contributed by atoms with Crippen molar-refractivity contribution in [2.75, 3.05) is 13.7 Å². The van der Waals surface area contributed by atoms with Crippen LogP contribution in [-0.2, 0) is 16.0 Å². The molecule has 1 rings (SSSR count). The molecular weight excluding hydrogens is 270 g/mol. The highest BCUT2D eigenvalue weighted by Gasteiger charge is 2.18. The maximum atomic E-state index is 11.6. The van der Waals surface area contributed by atoms with Gasteiger partial charge in [0.25, 0.3) is 0 Å². The predicted octanol–water partition coefficient (Wildman–Crippen LogP) is 2.31. The number of esters is 1. The van der Waals surface area contributed by atoms with E-state index in [-0.39, 0.29) is 6.04 Å². The molecule has 0 radical (unpaired) electrons. The van der Waals surface area contributed by atoms with Crippen LogP contribution in [0.3, 0.4) is 0 Å². The van der Waals surface area contributed by atoms with Gasteiger partial charge in [-0.1, -0.05) is 13.0 Å². The van der Waals surface area contributed by atoms with E-state index in [4.69, 9.17) is 19.9 Å². The van der Waals surface area contributed by atoms with Crippen molar-refractivity contribution in [1.82, 2.24) is 0 Å². The third kappa shape index (κ3) is 5.27. The predicted molar refractivity (Wildman–Crippen MR) is 81.7 cm³/mol. The van der Waals surface area contributed by atoms with Crippen LogP contribution < -0.4 is 15.2 Å². The summed E-state index contributed by atoms with van der Waals surface area (Å²) in [7, 11) is 1.57. The number of carbonyl (C=O) groups excluding carboxylic acids is 1. The molecule has 0 aliphatic heterocycles. The first kappa shape index (κ1) is 17.3. The minimum Gasteiger partial charge on any atom is -0.493 e. The summed E-state index contributed by atoms with van der Waals surface area (Å²) >= 11 is 0. The molecular formula is C16H25NO4. The Labute approximate surface area is 126 Å². The Morgan fingerprint density at radius 1 is 1.29 bits per heavy atom. The van der Waals surface area contributed by atoms with Crippen molar-refractivity contribution < 1.29 is 19.0 Å². The molecule has 0 aromatic heterocycles. The van der Waals surface area contributed by atoms with Gasteiger partial charge in [-0.25, -0.2) is 4.79 Å². The number of nitrogens with two attached hydrogens (primary N) is 1. The molecule has 0 heterocycles. The van der Waals surface area contributed by atoms with Gasteiger partial charge in [0.1, 0.15) is 0 Å². The second kappa shape index (κ2) is 8.52. The third-order valence-corrected chi connectivity index (χ3v) is 3.17. The Morgan fingerprint density at radius 3 is 2.57 bits per heavy atom. The third-order valence-electron chi connectivity index (χ3n) is 3.17. The molecule has 0 bridgehead atoms. The summed E-state index contributed by atoms with van der Waals surface area (Å²) in [6, 6.07) is 5.75. The summed E-state index contributed by atoms with van der Waals surface area (Å²) in [4.78, 5) is 11.6. The second-order valence-electron chi connectivity index (χ2n) is 4.87. The lowest BCUT2D eigenvalue weighted by atomic mass is 10.0. The highest BCUT2D eigenvalue weighted by molar-refractivity contribution is 5.74. The fourth-order valence-corrected chi connectivity index (χ4v) is 1.88. The van der Waals surface area contributed by atoms with Crippen LogP contribution in [0.4, 0.5) is 0 Å². The van der Waals surface area contributed by atoms with Gasteiger partial charge in [0.05, 0.1) is 13.7 Å². The summed E-state index contributed by atoms with van der Waals surface area (Å²) < 4.78 is 15.8. The van der Waals surface area contributed by atoms with Crippen molar-refractivity contribution in [3.63, 3.8) is 0 Å². The first-order chi connectivity index (χ1) is 10.0. The van der Waals surface area contributed by atoms with E-state index in [1.54, 1.807) is 27.0 Å². The van der Waals surface area contributed by atoms with Crippen LogP contribution in [0.5, 0.6) is 11.5 Å². The summed E-state index contributed by atoms with van der Waals surface area (Å²) in [6.45, 7) is 5.80. The van der Waals surface area contributed by atoms with E-state index in [0.29, 0.717) is 18.1 Å². The fourth-order valence-electron chi connectivity index (χ4n) is 1.88. The molecule has 2 unspecified atom stereocenters. The van der Waals surface area contributed by atoms with Gasteiger partial charge in [0, 0.05) is 6.04 Å². The van der Waals surface area contributed by atoms with Crippen molar-refractivity contribution in [3.05, 3.63) is 23.8 Å². The maximum absolute atomic E-state index is 11.6.